The van der Waals surface area contributed by atoms with Gasteiger partial charge in [-0.3, -0.25) is 0 Å². The van der Waals surface area contributed by atoms with Crippen molar-refractivity contribution in [1.29, 1.82) is 5.26 Å². The van der Waals surface area contributed by atoms with E-state index in [0.717, 1.165) is 61.3 Å². The topological polar surface area (TPSA) is 56.1 Å². The lowest BCUT2D eigenvalue weighted by atomic mass is 9.81. The van der Waals surface area contributed by atoms with Gasteiger partial charge >= 0.3 is 0 Å². The van der Waals surface area contributed by atoms with Crippen molar-refractivity contribution in [3.63, 3.8) is 0 Å². The van der Waals surface area contributed by atoms with Crippen LogP contribution in [0.15, 0.2) is 219 Å². The Morgan fingerprint density at radius 2 is 1.00 bits per heavy atom. The number of halogens is 1. The van der Waals surface area contributed by atoms with Crippen LogP contribution in [0.4, 0.5) is 38.5 Å². The molecule has 1 aliphatic carbocycles. The molecule has 0 spiro atoms. The van der Waals surface area contributed by atoms with Gasteiger partial charge in [0, 0.05) is 39.3 Å². The third kappa shape index (κ3) is 6.95. The average Bonchev–Trinajstić information content (AvgIpc) is 3.60. The molecule has 0 aliphatic heterocycles. The predicted molar refractivity (Wildman–Crippen MR) is 267 cm³/mol. The maximum atomic E-state index is 17.1. The highest BCUT2D eigenvalue weighted by atomic mass is 19.1. The Morgan fingerprint density at radius 1 is 0.455 bits per heavy atom. The Balaban J connectivity index is 1.03. The summed E-state index contributed by atoms with van der Waals surface area (Å²) in [5, 5.41) is 11.7. The summed E-state index contributed by atoms with van der Waals surface area (Å²) in [5.74, 6) is 0.221. The van der Waals surface area contributed by atoms with Crippen molar-refractivity contribution >= 4 is 44.9 Å². The molecule has 1 aromatic heterocycles. The van der Waals surface area contributed by atoms with Gasteiger partial charge < -0.3 is 9.80 Å². The van der Waals surface area contributed by atoms with Crippen molar-refractivity contribution in [2.45, 2.75) is 19.3 Å². The predicted octanol–water partition coefficient (Wildman–Crippen LogP) is 15.9. The number of nitriles is 1. The van der Waals surface area contributed by atoms with E-state index in [1.807, 2.05) is 151 Å². The third-order valence-electron chi connectivity index (χ3n) is 12.8. The fraction of sp³-hybridized carbons (Fsp3) is 0.0500. The lowest BCUT2D eigenvalue weighted by Gasteiger charge is -2.28. The van der Waals surface area contributed by atoms with Crippen LogP contribution in [-0.4, -0.2) is 9.97 Å². The van der Waals surface area contributed by atoms with E-state index < -0.39 is 0 Å². The van der Waals surface area contributed by atoms with Gasteiger partial charge in [0.1, 0.15) is 5.82 Å². The molecule has 6 heteroatoms. The SMILES string of the molecule is CC1(C)c2cc(N(c3ccccc3)c3ccc(C#N)cc3)ccc2-c2c1cc(-c1ncc(N(c3ccccc3)c3c(F)cc(-c4ccccc4)cc3-c3ccccc3)cn1)c1ccccc21. The van der Waals surface area contributed by atoms with E-state index >= 15 is 4.39 Å². The maximum absolute atomic E-state index is 17.1. The number of hydrogen-bond acceptors (Lipinski definition) is 5. The molecule has 0 bridgehead atoms. The van der Waals surface area contributed by atoms with Gasteiger partial charge in [0.2, 0.25) is 0 Å². The molecule has 0 amide bonds. The molecule has 0 fully saturated rings. The summed E-state index contributed by atoms with van der Waals surface area (Å²) in [6.45, 7) is 4.58. The lowest BCUT2D eigenvalue weighted by Crippen LogP contribution is -2.17. The number of nitrogens with zero attached hydrogens (tertiary/aromatic N) is 5. The highest BCUT2D eigenvalue weighted by molar-refractivity contribution is 6.08. The summed E-state index contributed by atoms with van der Waals surface area (Å²) in [6.07, 6.45) is 3.62. The molecule has 1 heterocycles. The van der Waals surface area contributed by atoms with Crippen molar-refractivity contribution in [2.75, 3.05) is 9.80 Å². The fourth-order valence-electron chi connectivity index (χ4n) is 9.63. The molecule has 11 rings (SSSR count). The molecule has 314 valence electrons. The van der Waals surface area contributed by atoms with E-state index in [1.165, 1.54) is 22.3 Å². The van der Waals surface area contributed by atoms with Gasteiger partial charge in [0.05, 0.1) is 35.4 Å². The monoisotopic (exact) mass is 851 g/mol. The Hall–Kier alpha value is -8.66. The zero-order valence-corrected chi connectivity index (χ0v) is 36.4. The first-order chi connectivity index (χ1) is 32.4. The quantitative estimate of drug-likeness (QED) is 0.145. The first-order valence-electron chi connectivity index (χ1n) is 22.1. The molecule has 5 nitrogen and oxygen atoms in total. The first kappa shape index (κ1) is 40.1. The smallest absolute Gasteiger partial charge is 0.159 e. The van der Waals surface area contributed by atoms with E-state index in [-0.39, 0.29) is 11.2 Å². The van der Waals surface area contributed by atoms with Gasteiger partial charge in [-0.05, 0) is 129 Å². The zero-order chi connectivity index (χ0) is 44.8. The van der Waals surface area contributed by atoms with Gasteiger partial charge in [-0.2, -0.15) is 5.26 Å². The summed E-state index contributed by atoms with van der Waals surface area (Å²) < 4.78 is 17.1. The number of aromatic nitrogens is 2. The summed E-state index contributed by atoms with van der Waals surface area (Å²) in [4.78, 5) is 14.4. The molecular formula is C60H42FN5. The molecule has 10 aromatic rings. The minimum Gasteiger partial charge on any atom is -0.310 e. The minimum atomic E-state index is -0.381. The van der Waals surface area contributed by atoms with Crippen LogP contribution in [0, 0.1) is 17.1 Å². The second-order valence-corrected chi connectivity index (χ2v) is 17.1. The normalized spacial score (nSPS) is 12.3. The Labute approximate surface area is 384 Å². The third-order valence-corrected chi connectivity index (χ3v) is 12.8. The lowest BCUT2D eigenvalue weighted by molar-refractivity contribution is 0.629. The second-order valence-electron chi connectivity index (χ2n) is 17.1. The van der Waals surface area contributed by atoms with Gasteiger partial charge in [-0.15, -0.1) is 0 Å². The van der Waals surface area contributed by atoms with Crippen LogP contribution in [0.2, 0.25) is 0 Å². The van der Waals surface area contributed by atoms with Crippen molar-refractivity contribution in [3.05, 3.63) is 241 Å². The molecule has 0 N–H and O–H groups in total. The van der Waals surface area contributed by atoms with E-state index in [9.17, 15) is 5.26 Å². The van der Waals surface area contributed by atoms with Crippen LogP contribution in [0.1, 0.15) is 30.5 Å². The van der Waals surface area contributed by atoms with E-state index in [1.54, 1.807) is 6.07 Å². The number of benzene rings is 9. The van der Waals surface area contributed by atoms with Crippen molar-refractivity contribution in [1.82, 2.24) is 9.97 Å². The van der Waals surface area contributed by atoms with Crippen molar-refractivity contribution in [3.8, 4) is 50.8 Å². The van der Waals surface area contributed by atoms with Crippen LogP contribution in [-0.2, 0) is 5.41 Å². The maximum Gasteiger partial charge on any atom is 0.159 e. The fourth-order valence-corrected chi connectivity index (χ4v) is 9.63. The van der Waals surface area contributed by atoms with E-state index in [4.69, 9.17) is 9.97 Å². The van der Waals surface area contributed by atoms with Crippen molar-refractivity contribution in [2.24, 2.45) is 0 Å². The molecular weight excluding hydrogens is 810 g/mol. The summed E-state index contributed by atoms with van der Waals surface area (Å²) in [5.41, 5.74) is 14.2. The van der Waals surface area contributed by atoms with Crippen LogP contribution < -0.4 is 9.80 Å². The first-order valence-corrected chi connectivity index (χ1v) is 22.1. The van der Waals surface area contributed by atoms with Gasteiger partial charge in [0.25, 0.3) is 0 Å². The second kappa shape index (κ2) is 16.5. The molecule has 1 aliphatic rings. The number of fused-ring (bicyclic) bond motifs is 5. The van der Waals surface area contributed by atoms with Crippen LogP contribution in [0.5, 0.6) is 0 Å². The average molecular weight is 852 g/mol. The molecule has 0 radical (unpaired) electrons. The highest BCUT2D eigenvalue weighted by Crippen LogP contribution is 2.54. The number of anilines is 6. The number of rotatable bonds is 9. The zero-order valence-electron chi connectivity index (χ0n) is 36.4. The van der Waals surface area contributed by atoms with Crippen LogP contribution in [0.3, 0.4) is 0 Å². The van der Waals surface area contributed by atoms with E-state index in [0.29, 0.717) is 22.8 Å². The molecule has 0 unspecified atom stereocenters. The number of hydrogen-bond donors (Lipinski definition) is 0. The molecule has 66 heavy (non-hydrogen) atoms. The Kier molecular flexibility index (Phi) is 10.0. The largest absolute Gasteiger partial charge is 0.310 e. The molecule has 0 atom stereocenters. The Morgan fingerprint density at radius 3 is 1.64 bits per heavy atom. The van der Waals surface area contributed by atoms with Gasteiger partial charge in [0.15, 0.2) is 5.82 Å². The molecule has 0 saturated heterocycles. The summed E-state index contributed by atoms with van der Waals surface area (Å²) in [6, 6.07) is 71.3. The van der Waals surface area contributed by atoms with Gasteiger partial charge in [-0.1, -0.05) is 141 Å². The Bertz CT molecular complexity index is 3440. The van der Waals surface area contributed by atoms with Gasteiger partial charge in [-0.25, -0.2) is 14.4 Å². The number of para-hydroxylation sites is 2. The van der Waals surface area contributed by atoms with E-state index in [2.05, 4.69) is 91.5 Å². The standard InChI is InChI=1S/C60H42FN5/c1-60(2)54-35-47(65(44-21-11-5-12-22-44)46-29-27-40(37-62)28-30-46)31-32-51(54)57-50-26-16-15-25-49(50)53(36-55(57)60)59-63-38-48(39-64-59)66(45-23-13-6-14-24-45)58-52(42-19-9-4-10-20-42)33-43(34-56(58)61)41-17-7-3-8-18-41/h3-36,38-39H,1-2H3. The molecule has 0 saturated carbocycles. The minimum absolute atomic E-state index is 0.360. The molecule has 9 aromatic carbocycles. The van der Waals surface area contributed by atoms with Crippen LogP contribution >= 0.6 is 0 Å². The van der Waals surface area contributed by atoms with Crippen LogP contribution in [0.25, 0.3) is 55.5 Å². The summed E-state index contributed by atoms with van der Waals surface area (Å²) >= 11 is 0. The highest BCUT2D eigenvalue weighted by Gasteiger charge is 2.38. The summed E-state index contributed by atoms with van der Waals surface area (Å²) in [7, 11) is 0. The van der Waals surface area contributed by atoms with Crippen molar-refractivity contribution < 1.29 is 4.39 Å².